The van der Waals surface area contributed by atoms with E-state index in [4.69, 9.17) is 11.6 Å². The molecule has 0 saturated heterocycles. The summed E-state index contributed by atoms with van der Waals surface area (Å²) in [6, 6.07) is 12.1. The van der Waals surface area contributed by atoms with Crippen LogP contribution in [0.3, 0.4) is 0 Å². The van der Waals surface area contributed by atoms with E-state index in [1.165, 1.54) is 0 Å². The smallest absolute Gasteiger partial charge is 0.0599 e. The van der Waals surface area contributed by atoms with E-state index in [-0.39, 0.29) is 0 Å². The minimum absolute atomic E-state index is 0.531. The van der Waals surface area contributed by atoms with Gasteiger partial charge < -0.3 is 4.90 Å². The minimum atomic E-state index is 0.531. The molecular weight excluding hydrogens is 312 g/mol. The highest BCUT2D eigenvalue weighted by Crippen LogP contribution is 2.27. The monoisotopic (exact) mass is 324 g/mol. The van der Waals surface area contributed by atoms with Gasteiger partial charge in [-0.1, -0.05) is 12.1 Å². The summed E-state index contributed by atoms with van der Waals surface area (Å²) < 4.78 is 1.05. The van der Waals surface area contributed by atoms with Crippen LogP contribution in [0.1, 0.15) is 11.3 Å². The highest BCUT2D eigenvalue weighted by Gasteiger charge is 2.07. The molecule has 0 saturated carbocycles. The summed E-state index contributed by atoms with van der Waals surface area (Å²) in [4.78, 5) is 6.49. The lowest BCUT2D eigenvalue weighted by Gasteiger charge is -2.20. The van der Waals surface area contributed by atoms with Crippen molar-refractivity contribution in [3.63, 3.8) is 0 Å². The average Bonchev–Trinajstić information content (AvgIpc) is 2.39. The summed E-state index contributed by atoms with van der Waals surface area (Å²) in [6.45, 7) is 0.777. The van der Waals surface area contributed by atoms with Crippen molar-refractivity contribution in [2.24, 2.45) is 0 Å². The van der Waals surface area contributed by atoms with Crippen LogP contribution >= 0.6 is 27.5 Å². The number of pyridine rings is 1. The van der Waals surface area contributed by atoms with Gasteiger partial charge in [-0.15, -0.1) is 11.6 Å². The van der Waals surface area contributed by atoms with Crippen molar-refractivity contribution >= 4 is 33.2 Å². The summed E-state index contributed by atoms with van der Waals surface area (Å²) >= 11 is 9.40. The van der Waals surface area contributed by atoms with Gasteiger partial charge in [0.2, 0.25) is 0 Å². The molecule has 94 valence electrons. The van der Waals surface area contributed by atoms with E-state index in [9.17, 15) is 0 Å². The second kappa shape index (κ2) is 6.21. The molecule has 0 aliphatic rings. The molecule has 0 bridgehead atoms. The van der Waals surface area contributed by atoms with E-state index >= 15 is 0 Å². The number of alkyl halides is 1. The fraction of sp³-hybridized carbons (Fsp3) is 0.214. The van der Waals surface area contributed by atoms with Crippen molar-refractivity contribution < 1.29 is 0 Å². The maximum Gasteiger partial charge on any atom is 0.0599 e. The first kappa shape index (κ1) is 13.4. The van der Waals surface area contributed by atoms with Gasteiger partial charge in [-0.25, -0.2) is 0 Å². The zero-order valence-electron chi connectivity index (χ0n) is 10.1. The van der Waals surface area contributed by atoms with E-state index in [2.05, 4.69) is 45.0 Å². The van der Waals surface area contributed by atoms with Crippen LogP contribution in [0.2, 0.25) is 0 Å². The third-order valence-electron chi connectivity index (χ3n) is 2.70. The van der Waals surface area contributed by atoms with Gasteiger partial charge in [-0.3, -0.25) is 4.98 Å². The number of nitrogens with zero attached hydrogens (tertiary/aromatic N) is 2. The molecule has 2 rings (SSSR count). The lowest BCUT2D eigenvalue weighted by atomic mass is 10.2. The van der Waals surface area contributed by atoms with Gasteiger partial charge in [0.05, 0.1) is 17.9 Å². The molecule has 0 unspecified atom stereocenters. The third kappa shape index (κ3) is 3.24. The number of benzene rings is 1. The number of hydrogen-bond acceptors (Lipinski definition) is 2. The topological polar surface area (TPSA) is 16.1 Å². The summed E-state index contributed by atoms with van der Waals surface area (Å²) in [5.74, 6) is 0.531. The minimum Gasteiger partial charge on any atom is -0.368 e. The van der Waals surface area contributed by atoms with Crippen LogP contribution in [0.4, 0.5) is 5.69 Å². The fourth-order valence-electron chi connectivity index (χ4n) is 1.76. The van der Waals surface area contributed by atoms with Crippen molar-refractivity contribution in [1.82, 2.24) is 4.98 Å². The van der Waals surface area contributed by atoms with E-state index < -0.39 is 0 Å². The molecule has 1 heterocycles. The van der Waals surface area contributed by atoms with E-state index in [0.717, 1.165) is 28.0 Å². The molecule has 0 amide bonds. The van der Waals surface area contributed by atoms with E-state index in [1.54, 1.807) is 0 Å². The standard InChI is InChI=1S/C14H14BrClN2/c1-18(10-12-4-2-3-7-17-12)14-6-5-11(9-16)8-13(14)15/h2-8H,9-10H2,1H3. The fourth-order valence-corrected chi connectivity index (χ4v) is 2.66. The lowest BCUT2D eigenvalue weighted by molar-refractivity contribution is 0.882. The quantitative estimate of drug-likeness (QED) is 0.782. The first-order chi connectivity index (χ1) is 8.70. The van der Waals surface area contributed by atoms with Crippen molar-refractivity contribution in [3.05, 3.63) is 58.3 Å². The number of anilines is 1. The van der Waals surface area contributed by atoms with Crippen LogP contribution in [-0.4, -0.2) is 12.0 Å². The van der Waals surface area contributed by atoms with Gasteiger partial charge in [0.15, 0.2) is 0 Å². The molecule has 0 spiro atoms. The molecule has 2 aromatic rings. The van der Waals surface area contributed by atoms with Gasteiger partial charge in [-0.05, 0) is 45.8 Å². The predicted octanol–water partition coefficient (Wildman–Crippen LogP) is 4.22. The van der Waals surface area contributed by atoms with Gasteiger partial charge in [0, 0.05) is 23.6 Å². The normalized spacial score (nSPS) is 10.4. The predicted molar refractivity (Wildman–Crippen MR) is 80.0 cm³/mol. The molecule has 4 heteroatoms. The average molecular weight is 326 g/mol. The Kier molecular flexibility index (Phi) is 4.61. The Labute approximate surface area is 121 Å². The van der Waals surface area contributed by atoms with Crippen LogP contribution in [0.5, 0.6) is 0 Å². The summed E-state index contributed by atoms with van der Waals surface area (Å²) in [5, 5.41) is 0. The Bertz CT molecular complexity index is 516. The summed E-state index contributed by atoms with van der Waals surface area (Å²) in [5.41, 5.74) is 3.29. The zero-order valence-corrected chi connectivity index (χ0v) is 12.4. The van der Waals surface area contributed by atoms with Gasteiger partial charge in [-0.2, -0.15) is 0 Å². The highest BCUT2D eigenvalue weighted by atomic mass is 79.9. The first-order valence-electron chi connectivity index (χ1n) is 5.66. The number of aromatic nitrogens is 1. The number of halogens is 2. The Morgan fingerprint density at radius 2 is 2.11 bits per heavy atom. The molecular formula is C14H14BrClN2. The Morgan fingerprint density at radius 1 is 1.28 bits per heavy atom. The molecule has 2 nitrogen and oxygen atoms in total. The molecule has 1 aromatic heterocycles. The maximum atomic E-state index is 5.82. The Balaban J connectivity index is 2.16. The molecule has 0 N–H and O–H groups in total. The molecule has 0 aliphatic heterocycles. The molecule has 0 radical (unpaired) electrons. The van der Waals surface area contributed by atoms with Crippen LogP contribution in [0.25, 0.3) is 0 Å². The SMILES string of the molecule is CN(Cc1ccccn1)c1ccc(CCl)cc1Br. The molecule has 0 fully saturated rings. The third-order valence-corrected chi connectivity index (χ3v) is 3.65. The second-order valence-electron chi connectivity index (χ2n) is 4.10. The van der Waals surface area contributed by atoms with Crippen molar-refractivity contribution in [3.8, 4) is 0 Å². The number of hydrogen-bond donors (Lipinski definition) is 0. The molecule has 1 aromatic carbocycles. The highest BCUT2D eigenvalue weighted by molar-refractivity contribution is 9.10. The van der Waals surface area contributed by atoms with Crippen molar-refractivity contribution in [2.75, 3.05) is 11.9 Å². The van der Waals surface area contributed by atoms with Gasteiger partial charge in [0.1, 0.15) is 0 Å². The summed E-state index contributed by atoms with van der Waals surface area (Å²) in [6.07, 6.45) is 1.81. The largest absolute Gasteiger partial charge is 0.368 e. The zero-order chi connectivity index (χ0) is 13.0. The second-order valence-corrected chi connectivity index (χ2v) is 5.22. The van der Waals surface area contributed by atoms with Crippen molar-refractivity contribution in [2.45, 2.75) is 12.4 Å². The van der Waals surface area contributed by atoms with Gasteiger partial charge >= 0.3 is 0 Å². The lowest BCUT2D eigenvalue weighted by Crippen LogP contribution is -2.17. The Morgan fingerprint density at radius 3 is 2.72 bits per heavy atom. The number of rotatable bonds is 4. The van der Waals surface area contributed by atoms with Crippen LogP contribution in [-0.2, 0) is 12.4 Å². The first-order valence-corrected chi connectivity index (χ1v) is 6.99. The van der Waals surface area contributed by atoms with Gasteiger partial charge in [0.25, 0.3) is 0 Å². The van der Waals surface area contributed by atoms with E-state index in [0.29, 0.717) is 5.88 Å². The van der Waals surface area contributed by atoms with Crippen LogP contribution < -0.4 is 4.90 Å². The molecule has 18 heavy (non-hydrogen) atoms. The van der Waals surface area contributed by atoms with Crippen LogP contribution in [0.15, 0.2) is 47.1 Å². The van der Waals surface area contributed by atoms with Crippen LogP contribution in [0, 0.1) is 0 Å². The van der Waals surface area contributed by atoms with E-state index in [1.807, 2.05) is 30.5 Å². The molecule has 0 aliphatic carbocycles. The molecule has 0 atom stereocenters. The van der Waals surface area contributed by atoms with Crippen molar-refractivity contribution in [1.29, 1.82) is 0 Å². The maximum absolute atomic E-state index is 5.82. The summed E-state index contributed by atoms with van der Waals surface area (Å²) in [7, 11) is 2.05. The Hall–Kier alpha value is -1.06.